The van der Waals surface area contributed by atoms with E-state index in [0.717, 1.165) is 30.2 Å². The van der Waals surface area contributed by atoms with Crippen molar-refractivity contribution in [2.45, 2.75) is 54.9 Å². The maximum absolute atomic E-state index is 15.0. The second-order valence-corrected chi connectivity index (χ2v) is 15.0. The molecule has 7 nitrogen and oxygen atoms in total. The number of sulfonamides is 1. The normalized spacial score (nSPS) is 19.8. The van der Waals surface area contributed by atoms with Gasteiger partial charge in [-0.25, -0.2) is 25.5 Å². The third-order valence-electron chi connectivity index (χ3n) is 7.38. The molecule has 0 unspecified atom stereocenters. The number of ether oxygens (including phenoxy) is 1. The fraction of sp³-hybridized carbons (Fsp3) is 0.538. The molecule has 198 valence electrons. The lowest BCUT2D eigenvalue weighted by atomic mass is 9.74. The van der Waals surface area contributed by atoms with Crippen molar-refractivity contribution in [3.63, 3.8) is 0 Å². The number of nitrogens with zero attached hydrogens (tertiary/aromatic N) is 2. The number of halogens is 1. The highest BCUT2D eigenvalue weighted by Gasteiger charge is 2.46. The number of para-hydroxylation sites is 1. The van der Waals surface area contributed by atoms with Gasteiger partial charge in [0.25, 0.3) is 0 Å². The molecule has 0 aromatic heterocycles. The van der Waals surface area contributed by atoms with Crippen molar-refractivity contribution in [2.75, 3.05) is 44.4 Å². The van der Waals surface area contributed by atoms with E-state index in [1.165, 1.54) is 44.4 Å². The van der Waals surface area contributed by atoms with E-state index in [4.69, 9.17) is 4.74 Å². The molecule has 2 aromatic rings. The first-order chi connectivity index (χ1) is 16.7. The first-order valence-electron chi connectivity index (χ1n) is 12.2. The molecular weight excluding hydrogens is 503 g/mol. The summed E-state index contributed by atoms with van der Waals surface area (Å²) in [5.74, 6) is -0.551. The highest BCUT2D eigenvalue weighted by Crippen LogP contribution is 2.47. The van der Waals surface area contributed by atoms with Crippen molar-refractivity contribution in [3.8, 4) is 0 Å². The van der Waals surface area contributed by atoms with E-state index in [0.29, 0.717) is 24.3 Å². The second-order valence-electron chi connectivity index (χ2n) is 10.8. The molecule has 2 fully saturated rings. The van der Waals surface area contributed by atoms with Gasteiger partial charge in [-0.15, -0.1) is 0 Å². The zero-order valence-electron chi connectivity index (χ0n) is 21.3. The largest absolute Gasteiger partial charge is 0.375 e. The number of piperidine rings is 1. The Bertz CT molecular complexity index is 1310. The lowest BCUT2D eigenvalue weighted by molar-refractivity contribution is 0.0295. The summed E-state index contributed by atoms with van der Waals surface area (Å²) in [6.45, 7) is 6.34. The third kappa shape index (κ3) is 5.46. The van der Waals surface area contributed by atoms with Gasteiger partial charge in [-0.1, -0.05) is 12.1 Å². The van der Waals surface area contributed by atoms with Crippen molar-refractivity contribution < 1.29 is 26.0 Å². The van der Waals surface area contributed by atoms with Crippen LogP contribution in [0.1, 0.15) is 38.7 Å². The predicted molar refractivity (Wildman–Crippen MR) is 138 cm³/mol. The molecule has 0 bridgehead atoms. The molecule has 36 heavy (non-hydrogen) atoms. The van der Waals surface area contributed by atoms with Gasteiger partial charge in [0.1, 0.15) is 5.82 Å². The Labute approximate surface area is 214 Å². The molecule has 2 aliphatic rings. The summed E-state index contributed by atoms with van der Waals surface area (Å²) in [6.07, 6.45) is 2.96. The summed E-state index contributed by atoms with van der Waals surface area (Å²) in [5, 5.41) is 0. The van der Waals surface area contributed by atoms with E-state index in [-0.39, 0.29) is 38.8 Å². The van der Waals surface area contributed by atoms with E-state index in [2.05, 4.69) is 13.8 Å². The highest BCUT2D eigenvalue weighted by atomic mass is 32.2. The number of rotatable bonds is 7. The van der Waals surface area contributed by atoms with E-state index < -0.39 is 19.9 Å². The molecule has 0 radical (unpaired) electrons. The molecule has 0 saturated carbocycles. The molecule has 0 aliphatic carbocycles. The van der Waals surface area contributed by atoms with Crippen LogP contribution in [0.4, 0.5) is 10.1 Å². The molecule has 2 heterocycles. The number of hydrogen-bond donors (Lipinski definition) is 0. The Hall–Kier alpha value is -2.01. The number of benzene rings is 2. The number of aryl methyl sites for hydroxylation is 1. The Morgan fingerprint density at radius 3 is 2.14 bits per heavy atom. The molecule has 0 amide bonds. The van der Waals surface area contributed by atoms with Gasteiger partial charge in [0.15, 0.2) is 9.84 Å². The van der Waals surface area contributed by atoms with Crippen LogP contribution >= 0.6 is 0 Å². The topological polar surface area (TPSA) is 84.0 Å². The van der Waals surface area contributed by atoms with Crippen molar-refractivity contribution >= 4 is 25.5 Å². The number of anilines is 1. The minimum Gasteiger partial charge on any atom is -0.375 e. The van der Waals surface area contributed by atoms with Gasteiger partial charge in [-0.05, 0) is 80.8 Å². The van der Waals surface area contributed by atoms with Gasteiger partial charge in [0, 0.05) is 27.2 Å². The molecule has 2 saturated heterocycles. The molecule has 2 aromatic carbocycles. The van der Waals surface area contributed by atoms with Crippen molar-refractivity contribution in [1.29, 1.82) is 0 Å². The summed E-state index contributed by atoms with van der Waals surface area (Å²) >= 11 is 0. The van der Waals surface area contributed by atoms with E-state index in [1.807, 2.05) is 4.90 Å². The number of hydrogen-bond acceptors (Lipinski definition) is 6. The Kier molecular flexibility index (Phi) is 7.29. The predicted octanol–water partition coefficient (Wildman–Crippen LogP) is 3.88. The molecule has 4 rings (SSSR count). The highest BCUT2D eigenvalue weighted by molar-refractivity contribution is 7.91. The molecule has 1 spiro atoms. The second kappa shape index (κ2) is 9.70. The summed E-state index contributed by atoms with van der Waals surface area (Å²) < 4.78 is 72.6. The maximum Gasteiger partial charge on any atom is 0.242 e. The fourth-order valence-corrected chi connectivity index (χ4v) is 7.56. The van der Waals surface area contributed by atoms with Crippen LogP contribution in [-0.2, 0) is 31.0 Å². The first-order valence-corrected chi connectivity index (χ1v) is 15.3. The van der Waals surface area contributed by atoms with Crippen molar-refractivity contribution in [1.82, 2.24) is 4.31 Å². The molecule has 10 heteroatoms. The van der Waals surface area contributed by atoms with Crippen LogP contribution < -0.4 is 4.90 Å². The van der Waals surface area contributed by atoms with Gasteiger partial charge in [0.05, 0.1) is 33.4 Å². The van der Waals surface area contributed by atoms with Crippen LogP contribution in [0.15, 0.2) is 52.3 Å². The monoisotopic (exact) mass is 538 g/mol. The molecular formula is C26H35FN2O5S2. The smallest absolute Gasteiger partial charge is 0.242 e. The van der Waals surface area contributed by atoms with Gasteiger partial charge < -0.3 is 9.64 Å². The lowest BCUT2D eigenvalue weighted by Crippen LogP contribution is -2.41. The molecule has 0 atom stereocenters. The third-order valence-corrected chi connectivity index (χ3v) is 10.9. The average molecular weight is 539 g/mol. The standard InChI is InChI=1S/C26H35FN2O5S2/c1-25(2)18-26(19-34-25)13-15-29(16-14-26)24-20(6-5-7-23(24)27)12-17-35(30,31)21-8-10-22(11-9-21)36(32,33)28(3)4/h5-11H,12-19H2,1-4H3. The van der Waals surface area contributed by atoms with Crippen LogP contribution in [0.2, 0.25) is 0 Å². The maximum atomic E-state index is 15.0. The summed E-state index contributed by atoms with van der Waals surface area (Å²) in [5.41, 5.74) is 1.13. The Morgan fingerprint density at radius 2 is 1.58 bits per heavy atom. The van der Waals surface area contributed by atoms with Gasteiger partial charge in [-0.2, -0.15) is 0 Å². The van der Waals surface area contributed by atoms with Crippen LogP contribution in [0.5, 0.6) is 0 Å². The van der Waals surface area contributed by atoms with E-state index >= 15 is 4.39 Å². The van der Waals surface area contributed by atoms with Crippen LogP contribution in [0.3, 0.4) is 0 Å². The zero-order chi connectivity index (χ0) is 26.4. The lowest BCUT2D eigenvalue weighted by Gasteiger charge is -2.40. The quantitative estimate of drug-likeness (QED) is 0.532. The Morgan fingerprint density at radius 1 is 0.972 bits per heavy atom. The van der Waals surface area contributed by atoms with Crippen LogP contribution in [0, 0.1) is 11.2 Å². The minimum atomic E-state index is -3.70. The molecule has 0 N–H and O–H groups in total. The fourth-order valence-electron chi connectivity index (χ4n) is 5.39. The van der Waals surface area contributed by atoms with Gasteiger partial charge in [0.2, 0.25) is 10.0 Å². The first kappa shape index (κ1) is 27.0. The van der Waals surface area contributed by atoms with E-state index in [1.54, 1.807) is 12.1 Å². The minimum absolute atomic E-state index is 0.0257. The van der Waals surface area contributed by atoms with Gasteiger partial charge in [-0.3, -0.25) is 0 Å². The number of sulfone groups is 1. The van der Waals surface area contributed by atoms with E-state index in [9.17, 15) is 16.8 Å². The molecule has 2 aliphatic heterocycles. The summed E-state index contributed by atoms with van der Waals surface area (Å²) in [4.78, 5) is 2.11. The average Bonchev–Trinajstić information content (AvgIpc) is 3.12. The van der Waals surface area contributed by atoms with Crippen LogP contribution in [0.25, 0.3) is 0 Å². The zero-order valence-corrected chi connectivity index (χ0v) is 23.0. The Balaban J connectivity index is 1.48. The summed E-state index contributed by atoms with van der Waals surface area (Å²) in [7, 11) is -4.51. The van der Waals surface area contributed by atoms with Gasteiger partial charge >= 0.3 is 0 Å². The SMILES string of the molecule is CN(C)S(=O)(=O)c1ccc(S(=O)(=O)CCc2cccc(F)c2N2CCC3(CC2)COC(C)(C)C3)cc1. The summed E-state index contributed by atoms with van der Waals surface area (Å²) in [6, 6.07) is 10.0. The van der Waals surface area contributed by atoms with Crippen LogP contribution in [-0.4, -0.2) is 66.3 Å². The van der Waals surface area contributed by atoms with Crippen molar-refractivity contribution in [2.24, 2.45) is 5.41 Å². The van der Waals surface area contributed by atoms with Crippen molar-refractivity contribution in [3.05, 3.63) is 53.8 Å².